The molecule has 0 bridgehead atoms. The van der Waals surface area contributed by atoms with Crippen LogP contribution in [-0.2, 0) is 16.6 Å². The number of methoxy groups -OCH3 is 1. The van der Waals surface area contributed by atoms with Crippen molar-refractivity contribution in [2.75, 3.05) is 12.8 Å². The number of rotatable bonds is 5. The summed E-state index contributed by atoms with van der Waals surface area (Å²) in [5, 5.41) is 0. The Balaban J connectivity index is 2.17. The van der Waals surface area contributed by atoms with Gasteiger partial charge in [-0.15, -0.1) is 0 Å². The van der Waals surface area contributed by atoms with Gasteiger partial charge in [-0.25, -0.2) is 13.1 Å². The van der Waals surface area contributed by atoms with Crippen molar-refractivity contribution in [1.82, 2.24) is 4.72 Å². The maximum atomic E-state index is 12.3. The Labute approximate surface area is 124 Å². The summed E-state index contributed by atoms with van der Waals surface area (Å²) >= 11 is 0. The predicted molar refractivity (Wildman–Crippen MR) is 82.6 cm³/mol. The first-order valence-electron chi connectivity index (χ1n) is 6.41. The Morgan fingerprint density at radius 3 is 2.62 bits per heavy atom. The molecule has 2 rings (SSSR count). The minimum Gasteiger partial charge on any atom is -0.497 e. The SMILES string of the molecule is COc1cccc(CNS(=O)(=O)c2ccc(C)cc2N)c1. The summed E-state index contributed by atoms with van der Waals surface area (Å²) < 4.78 is 32.2. The fraction of sp³-hybridized carbons (Fsp3) is 0.200. The zero-order valence-electron chi connectivity index (χ0n) is 12.0. The van der Waals surface area contributed by atoms with E-state index in [2.05, 4.69) is 4.72 Å². The molecule has 0 aliphatic heterocycles. The van der Waals surface area contributed by atoms with E-state index < -0.39 is 10.0 Å². The summed E-state index contributed by atoms with van der Waals surface area (Å²) in [7, 11) is -2.08. The van der Waals surface area contributed by atoms with Crippen LogP contribution in [-0.4, -0.2) is 15.5 Å². The quantitative estimate of drug-likeness (QED) is 0.829. The number of anilines is 1. The van der Waals surface area contributed by atoms with Gasteiger partial charge in [-0.2, -0.15) is 0 Å². The number of hydrogen-bond donors (Lipinski definition) is 2. The molecule has 0 aliphatic carbocycles. The van der Waals surface area contributed by atoms with Gasteiger partial charge in [-0.3, -0.25) is 0 Å². The van der Waals surface area contributed by atoms with E-state index in [4.69, 9.17) is 10.5 Å². The second-order valence-corrected chi connectivity index (χ2v) is 6.45. The Hall–Kier alpha value is -2.05. The van der Waals surface area contributed by atoms with Crippen molar-refractivity contribution in [3.8, 4) is 5.75 Å². The summed E-state index contributed by atoms with van der Waals surface area (Å²) in [5.74, 6) is 0.682. The lowest BCUT2D eigenvalue weighted by Gasteiger charge is -2.10. The highest BCUT2D eigenvalue weighted by Crippen LogP contribution is 2.20. The Bertz CT molecular complexity index is 742. The number of nitrogens with one attached hydrogen (secondary N) is 1. The Morgan fingerprint density at radius 2 is 1.95 bits per heavy atom. The molecule has 0 unspecified atom stereocenters. The largest absolute Gasteiger partial charge is 0.497 e. The van der Waals surface area contributed by atoms with E-state index in [9.17, 15) is 8.42 Å². The summed E-state index contributed by atoms with van der Waals surface area (Å²) in [6, 6.07) is 12.1. The van der Waals surface area contributed by atoms with E-state index in [1.807, 2.05) is 19.1 Å². The fourth-order valence-corrected chi connectivity index (χ4v) is 3.08. The van der Waals surface area contributed by atoms with Crippen LogP contribution in [0.2, 0.25) is 0 Å². The van der Waals surface area contributed by atoms with Gasteiger partial charge in [0.25, 0.3) is 0 Å². The van der Waals surface area contributed by atoms with Gasteiger partial charge in [0.2, 0.25) is 10.0 Å². The van der Waals surface area contributed by atoms with Gasteiger partial charge in [0, 0.05) is 6.54 Å². The molecule has 112 valence electrons. The van der Waals surface area contributed by atoms with Crippen LogP contribution in [0, 0.1) is 6.92 Å². The lowest BCUT2D eigenvalue weighted by atomic mass is 10.2. The predicted octanol–water partition coefficient (Wildman–Crippen LogP) is 2.06. The molecule has 0 aromatic heterocycles. The van der Waals surface area contributed by atoms with E-state index in [0.717, 1.165) is 11.1 Å². The lowest BCUT2D eigenvalue weighted by molar-refractivity contribution is 0.414. The molecule has 0 amide bonds. The summed E-state index contributed by atoms with van der Waals surface area (Å²) in [6.45, 7) is 2.03. The first kappa shape index (κ1) is 15.3. The summed E-state index contributed by atoms with van der Waals surface area (Å²) in [4.78, 5) is 0.0935. The molecule has 0 fully saturated rings. The molecule has 0 atom stereocenters. The number of hydrogen-bond acceptors (Lipinski definition) is 4. The molecule has 0 heterocycles. The van der Waals surface area contributed by atoms with Crippen LogP contribution in [0.15, 0.2) is 47.4 Å². The molecular weight excluding hydrogens is 288 g/mol. The lowest BCUT2D eigenvalue weighted by Crippen LogP contribution is -2.24. The van der Waals surface area contributed by atoms with Gasteiger partial charge in [0.15, 0.2) is 0 Å². The third kappa shape index (κ3) is 3.74. The normalized spacial score (nSPS) is 11.3. The molecular formula is C15H18N2O3S. The molecule has 0 saturated carbocycles. The standard InChI is InChI=1S/C15H18N2O3S/c1-11-6-7-15(14(16)8-11)21(18,19)17-10-12-4-3-5-13(9-12)20-2/h3-9,17H,10,16H2,1-2H3. The average molecular weight is 306 g/mol. The smallest absolute Gasteiger partial charge is 0.242 e. The van der Waals surface area contributed by atoms with Gasteiger partial charge in [0.1, 0.15) is 10.6 Å². The number of aryl methyl sites for hydroxylation is 1. The maximum Gasteiger partial charge on any atom is 0.242 e. The summed E-state index contributed by atoms with van der Waals surface area (Å²) in [6.07, 6.45) is 0. The third-order valence-electron chi connectivity index (χ3n) is 3.06. The van der Waals surface area contributed by atoms with Gasteiger partial charge in [-0.05, 0) is 42.3 Å². The van der Waals surface area contributed by atoms with Crippen molar-refractivity contribution >= 4 is 15.7 Å². The van der Waals surface area contributed by atoms with Crippen molar-refractivity contribution in [2.24, 2.45) is 0 Å². The van der Waals surface area contributed by atoms with Gasteiger partial charge in [-0.1, -0.05) is 18.2 Å². The highest BCUT2D eigenvalue weighted by atomic mass is 32.2. The van der Waals surface area contributed by atoms with Crippen LogP contribution in [0.5, 0.6) is 5.75 Å². The minimum absolute atomic E-state index is 0.0935. The second-order valence-electron chi connectivity index (χ2n) is 4.72. The number of nitrogens with two attached hydrogens (primary N) is 1. The van der Waals surface area contributed by atoms with Crippen LogP contribution in [0.4, 0.5) is 5.69 Å². The van der Waals surface area contributed by atoms with Crippen LogP contribution in [0.3, 0.4) is 0 Å². The zero-order chi connectivity index (χ0) is 15.5. The molecule has 21 heavy (non-hydrogen) atoms. The summed E-state index contributed by atoms with van der Waals surface area (Å²) in [5.41, 5.74) is 7.75. The van der Waals surface area contributed by atoms with Crippen molar-refractivity contribution in [3.63, 3.8) is 0 Å². The Morgan fingerprint density at radius 1 is 1.19 bits per heavy atom. The highest BCUT2D eigenvalue weighted by Gasteiger charge is 2.17. The van der Waals surface area contributed by atoms with Gasteiger partial charge >= 0.3 is 0 Å². The Kier molecular flexibility index (Phi) is 4.50. The minimum atomic E-state index is -3.64. The third-order valence-corrected chi connectivity index (χ3v) is 4.53. The number of nitrogen functional groups attached to an aromatic ring is 1. The van der Waals surface area contributed by atoms with Gasteiger partial charge in [0.05, 0.1) is 12.8 Å². The highest BCUT2D eigenvalue weighted by molar-refractivity contribution is 7.89. The molecule has 0 saturated heterocycles. The molecule has 0 spiro atoms. The van der Waals surface area contributed by atoms with Crippen LogP contribution >= 0.6 is 0 Å². The molecule has 3 N–H and O–H groups in total. The van der Waals surface area contributed by atoms with Crippen molar-refractivity contribution in [1.29, 1.82) is 0 Å². The topological polar surface area (TPSA) is 81.4 Å². The monoisotopic (exact) mass is 306 g/mol. The molecule has 2 aromatic rings. The van der Waals surface area contributed by atoms with Crippen LogP contribution in [0.1, 0.15) is 11.1 Å². The second kappa shape index (κ2) is 6.15. The van der Waals surface area contributed by atoms with Gasteiger partial charge < -0.3 is 10.5 Å². The van der Waals surface area contributed by atoms with E-state index in [1.165, 1.54) is 6.07 Å². The van der Waals surface area contributed by atoms with Crippen LogP contribution in [0.25, 0.3) is 0 Å². The van der Waals surface area contributed by atoms with E-state index in [-0.39, 0.29) is 17.1 Å². The maximum absolute atomic E-state index is 12.3. The first-order chi connectivity index (χ1) is 9.92. The zero-order valence-corrected chi connectivity index (χ0v) is 12.8. The number of sulfonamides is 1. The first-order valence-corrected chi connectivity index (χ1v) is 7.89. The van der Waals surface area contributed by atoms with Crippen LogP contribution < -0.4 is 15.2 Å². The fourth-order valence-electron chi connectivity index (χ4n) is 1.95. The molecule has 5 nitrogen and oxygen atoms in total. The number of ether oxygens (including phenoxy) is 1. The molecule has 0 radical (unpaired) electrons. The van der Waals surface area contributed by atoms with E-state index in [0.29, 0.717) is 5.75 Å². The van der Waals surface area contributed by atoms with Crippen molar-refractivity contribution in [3.05, 3.63) is 53.6 Å². The van der Waals surface area contributed by atoms with Crippen molar-refractivity contribution < 1.29 is 13.2 Å². The van der Waals surface area contributed by atoms with E-state index in [1.54, 1.807) is 31.4 Å². The molecule has 0 aliphatic rings. The molecule has 2 aromatic carbocycles. The molecule has 6 heteroatoms. The number of benzene rings is 2. The van der Waals surface area contributed by atoms with Crippen molar-refractivity contribution in [2.45, 2.75) is 18.4 Å². The van der Waals surface area contributed by atoms with E-state index >= 15 is 0 Å². The average Bonchev–Trinajstić information content (AvgIpc) is 2.45.